The van der Waals surface area contributed by atoms with Crippen molar-refractivity contribution in [3.05, 3.63) is 126 Å². The second-order valence-corrected chi connectivity index (χ2v) is 10.6. The number of carbonyl (C=O) groups excluding carboxylic acids is 2. The van der Waals surface area contributed by atoms with Crippen molar-refractivity contribution in [2.45, 2.75) is 11.8 Å². The van der Waals surface area contributed by atoms with Gasteiger partial charge in [-0.15, -0.1) is 0 Å². The average Bonchev–Trinajstić information content (AvgIpc) is 2.93. The topological polar surface area (TPSA) is 84.0 Å². The summed E-state index contributed by atoms with van der Waals surface area (Å²) < 4.78 is 31.5. The van der Waals surface area contributed by atoms with Crippen molar-refractivity contribution in [2.75, 3.05) is 9.80 Å². The van der Waals surface area contributed by atoms with Crippen LogP contribution >= 0.6 is 12.2 Å². The maximum absolute atomic E-state index is 13.7. The van der Waals surface area contributed by atoms with E-state index in [4.69, 9.17) is 16.4 Å². The molecule has 39 heavy (non-hydrogen) atoms. The van der Waals surface area contributed by atoms with Gasteiger partial charge in [0.2, 0.25) is 0 Å². The maximum atomic E-state index is 13.7. The highest BCUT2D eigenvalue weighted by atomic mass is 32.2. The summed E-state index contributed by atoms with van der Waals surface area (Å²) in [6.07, 6.45) is 1.33. The zero-order valence-electron chi connectivity index (χ0n) is 20.7. The number of hydrogen-bond acceptors (Lipinski definition) is 6. The molecule has 4 aromatic carbocycles. The molecule has 0 bridgehead atoms. The molecule has 0 radical (unpaired) electrons. The Morgan fingerprint density at radius 2 is 1.18 bits per heavy atom. The molecule has 0 atom stereocenters. The summed E-state index contributed by atoms with van der Waals surface area (Å²) in [5.74, 6) is -1.31. The minimum absolute atomic E-state index is 0.00559. The van der Waals surface area contributed by atoms with E-state index in [1.807, 2.05) is 6.92 Å². The molecule has 0 N–H and O–H groups in total. The van der Waals surface area contributed by atoms with Gasteiger partial charge in [-0.1, -0.05) is 72.3 Å². The zero-order valence-corrected chi connectivity index (χ0v) is 22.4. The molecule has 1 heterocycles. The molecular weight excluding hydrogens is 532 g/mol. The number of anilines is 2. The largest absolute Gasteiger partial charge is 0.378 e. The van der Waals surface area contributed by atoms with Crippen LogP contribution in [0.1, 0.15) is 11.1 Å². The second kappa shape index (κ2) is 10.6. The van der Waals surface area contributed by atoms with Gasteiger partial charge in [-0.05, 0) is 67.7 Å². The molecular formula is C30H22N2O5S2. The summed E-state index contributed by atoms with van der Waals surface area (Å²) in [7, 11) is -4.18. The van der Waals surface area contributed by atoms with E-state index >= 15 is 0 Å². The molecule has 1 saturated heterocycles. The van der Waals surface area contributed by atoms with E-state index < -0.39 is 21.9 Å². The Labute approximate surface area is 231 Å². The average molecular weight is 555 g/mol. The van der Waals surface area contributed by atoms with Gasteiger partial charge in [-0.3, -0.25) is 19.4 Å². The smallest absolute Gasteiger partial charge is 0.339 e. The quantitative estimate of drug-likeness (QED) is 0.135. The number of aryl methyl sites for hydroxylation is 1. The van der Waals surface area contributed by atoms with Crippen molar-refractivity contribution >= 4 is 56.7 Å². The van der Waals surface area contributed by atoms with Crippen molar-refractivity contribution in [1.82, 2.24) is 0 Å². The molecule has 5 rings (SSSR count). The van der Waals surface area contributed by atoms with Crippen molar-refractivity contribution in [3.63, 3.8) is 0 Å². The van der Waals surface area contributed by atoms with E-state index in [9.17, 15) is 18.0 Å². The summed E-state index contributed by atoms with van der Waals surface area (Å²) in [6.45, 7) is 1.85. The third kappa shape index (κ3) is 5.22. The fraction of sp³-hybridized carbons (Fsp3) is 0.0333. The number of para-hydroxylation sites is 3. The van der Waals surface area contributed by atoms with Crippen LogP contribution < -0.4 is 14.0 Å². The highest BCUT2D eigenvalue weighted by molar-refractivity contribution is 7.87. The summed E-state index contributed by atoms with van der Waals surface area (Å²) in [6, 6.07) is 30.1. The van der Waals surface area contributed by atoms with Gasteiger partial charge >= 0.3 is 10.1 Å². The normalized spacial score (nSPS) is 14.0. The third-order valence-electron chi connectivity index (χ3n) is 6.01. The Hall–Kier alpha value is -4.60. The van der Waals surface area contributed by atoms with E-state index in [-0.39, 0.29) is 26.9 Å². The summed E-state index contributed by atoms with van der Waals surface area (Å²) in [5, 5.41) is 0.00559. The number of benzene rings is 4. The van der Waals surface area contributed by atoms with Crippen LogP contribution in [0.15, 0.2) is 120 Å². The Morgan fingerprint density at radius 1 is 0.692 bits per heavy atom. The number of thiocarbonyl (C=S) groups is 1. The molecule has 9 heteroatoms. The van der Waals surface area contributed by atoms with E-state index in [2.05, 4.69) is 0 Å². The number of hydrogen-bond donors (Lipinski definition) is 0. The molecule has 1 aliphatic rings. The van der Waals surface area contributed by atoms with Crippen LogP contribution in [0.4, 0.5) is 11.4 Å². The molecule has 1 aliphatic heterocycles. The first-order chi connectivity index (χ1) is 18.8. The van der Waals surface area contributed by atoms with Gasteiger partial charge in [0.15, 0.2) is 5.11 Å². The summed E-state index contributed by atoms with van der Waals surface area (Å²) in [5.41, 5.74) is 1.90. The lowest BCUT2D eigenvalue weighted by Gasteiger charge is -2.36. The molecule has 0 unspecified atom stereocenters. The Balaban J connectivity index is 1.60. The van der Waals surface area contributed by atoms with E-state index in [1.54, 1.807) is 91.0 Å². The number of rotatable bonds is 6. The van der Waals surface area contributed by atoms with Crippen LogP contribution in [0.2, 0.25) is 0 Å². The molecule has 0 spiro atoms. The fourth-order valence-electron chi connectivity index (χ4n) is 4.04. The van der Waals surface area contributed by atoms with Crippen molar-refractivity contribution in [1.29, 1.82) is 0 Å². The van der Waals surface area contributed by atoms with Crippen molar-refractivity contribution in [3.8, 4) is 5.75 Å². The molecule has 0 aromatic heterocycles. The minimum atomic E-state index is -4.18. The maximum Gasteiger partial charge on any atom is 0.339 e. The van der Waals surface area contributed by atoms with Crippen LogP contribution in [-0.4, -0.2) is 25.3 Å². The van der Waals surface area contributed by atoms with Gasteiger partial charge in [-0.2, -0.15) is 8.42 Å². The zero-order chi connectivity index (χ0) is 27.6. The van der Waals surface area contributed by atoms with Gasteiger partial charge in [0, 0.05) is 5.56 Å². The number of nitrogens with zero attached hydrogens (tertiary/aromatic N) is 2. The lowest BCUT2D eigenvalue weighted by Crippen LogP contribution is -2.56. The van der Waals surface area contributed by atoms with E-state index in [0.717, 1.165) is 5.56 Å². The van der Waals surface area contributed by atoms with Gasteiger partial charge in [-0.25, -0.2) is 0 Å². The Kier molecular flexibility index (Phi) is 7.10. The van der Waals surface area contributed by atoms with Crippen molar-refractivity contribution in [2.24, 2.45) is 0 Å². The predicted molar refractivity (Wildman–Crippen MR) is 154 cm³/mol. The summed E-state index contributed by atoms with van der Waals surface area (Å²) in [4.78, 5) is 30.0. The first kappa shape index (κ1) is 26.0. The van der Waals surface area contributed by atoms with Gasteiger partial charge in [0.25, 0.3) is 11.8 Å². The highest BCUT2D eigenvalue weighted by Gasteiger charge is 2.41. The fourth-order valence-corrected chi connectivity index (χ4v) is 5.37. The predicted octanol–water partition coefficient (Wildman–Crippen LogP) is 5.51. The summed E-state index contributed by atoms with van der Waals surface area (Å²) >= 11 is 5.62. The van der Waals surface area contributed by atoms with Crippen LogP contribution in [-0.2, 0) is 19.7 Å². The minimum Gasteiger partial charge on any atom is -0.378 e. The van der Waals surface area contributed by atoms with Crippen LogP contribution in [0.3, 0.4) is 0 Å². The van der Waals surface area contributed by atoms with E-state index in [0.29, 0.717) is 11.4 Å². The lowest BCUT2D eigenvalue weighted by molar-refractivity contribution is -0.120. The third-order valence-corrected chi connectivity index (χ3v) is 7.62. The molecule has 7 nitrogen and oxygen atoms in total. The molecule has 0 saturated carbocycles. The Bertz CT molecular complexity index is 1640. The van der Waals surface area contributed by atoms with Gasteiger partial charge < -0.3 is 4.18 Å². The molecule has 4 aromatic rings. The monoisotopic (exact) mass is 554 g/mol. The first-order valence-electron chi connectivity index (χ1n) is 11.9. The lowest BCUT2D eigenvalue weighted by atomic mass is 10.0. The molecule has 1 fully saturated rings. The van der Waals surface area contributed by atoms with E-state index in [1.165, 1.54) is 34.1 Å². The number of amides is 2. The van der Waals surface area contributed by atoms with Crippen LogP contribution in [0.5, 0.6) is 5.75 Å². The highest BCUT2D eigenvalue weighted by Crippen LogP contribution is 2.32. The molecule has 0 aliphatic carbocycles. The van der Waals surface area contributed by atoms with Crippen molar-refractivity contribution < 1.29 is 22.2 Å². The van der Waals surface area contributed by atoms with Gasteiger partial charge in [0.1, 0.15) is 16.2 Å². The standard InChI is InChI=1S/C30H22N2O5S2/c1-21-16-18-25(19-17-21)39(35,36)37-27-15-9-8-10-22(27)20-26-28(33)31(23-11-4-2-5-12-23)30(38)32(29(26)34)24-13-6-3-7-14-24/h2-20H,1H3. The van der Waals surface area contributed by atoms with Crippen LogP contribution in [0, 0.1) is 6.92 Å². The van der Waals surface area contributed by atoms with Crippen LogP contribution in [0.25, 0.3) is 6.08 Å². The first-order valence-corrected chi connectivity index (χ1v) is 13.7. The Morgan fingerprint density at radius 3 is 1.72 bits per heavy atom. The van der Waals surface area contributed by atoms with Gasteiger partial charge in [0.05, 0.1) is 11.4 Å². The molecule has 2 amide bonds. The molecule has 194 valence electrons. The number of carbonyl (C=O) groups is 2. The second-order valence-electron chi connectivity index (χ2n) is 8.68. The SMILES string of the molecule is Cc1ccc(S(=O)(=O)Oc2ccccc2C=C2C(=O)N(c3ccccc3)C(=S)N(c3ccccc3)C2=O)cc1.